The second-order valence-corrected chi connectivity index (χ2v) is 7.71. The molecule has 1 spiro atoms. The van der Waals surface area contributed by atoms with Gasteiger partial charge in [0.25, 0.3) is 0 Å². The van der Waals surface area contributed by atoms with Gasteiger partial charge >= 0.3 is 6.18 Å². The number of pyridine rings is 1. The van der Waals surface area contributed by atoms with Crippen molar-refractivity contribution in [1.82, 2.24) is 9.29 Å². The molecule has 3 heterocycles. The highest BCUT2D eigenvalue weighted by Crippen LogP contribution is 2.40. The van der Waals surface area contributed by atoms with Gasteiger partial charge in [0.1, 0.15) is 10.6 Å². The average molecular weight is 336 g/mol. The van der Waals surface area contributed by atoms with Crippen LogP contribution in [0.2, 0.25) is 0 Å². The maximum absolute atomic E-state index is 12.5. The van der Waals surface area contributed by atoms with Crippen LogP contribution < -0.4 is 0 Å². The lowest BCUT2D eigenvalue weighted by atomic mass is 9.87. The molecule has 3 rings (SSSR count). The molecule has 122 valence electrons. The first-order chi connectivity index (χ1) is 10.2. The summed E-state index contributed by atoms with van der Waals surface area (Å²) in [5.41, 5.74) is -1.25. The van der Waals surface area contributed by atoms with Crippen LogP contribution in [0.4, 0.5) is 13.2 Å². The number of nitrogens with zero attached hydrogens (tertiary/aromatic N) is 2. The van der Waals surface area contributed by atoms with Gasteiger partial charge in [-0.05, 0) is 25.0 Å². The Hall–Kier alpha value is -1.19. The van der Waals surface area contributed by atoms with Crippen molar-refractivity contribution in [2.45, 2.75) is 23.9 Å². The van der Waals surface area contributed by atoms with Crippen LogP contribution in [-0.2, 0) is 20.9 Å². The molecule has 0 saturated carbocycles. The molecule has 2 fully saturated rings. The number of rotatable bonds is 2. The van der Waals surface area contributed by atoms with Crippen LogP contribution in [0, 0.1) is 5.41 Å². The van der Waals surface area contributed by atoms with E-state index < -0.39 is 21.9 Å². The van der Waals surface area contributed by atoms with Crippen LogP contribution in [0.25, 0.3) is 0 Å². The average Bonchev–Trinajstić information content (AvgIpc) is 3.09. The van der Waals surface area contributed by atoms with E-state index in [1.165, 1.54) is 4.31 Å². The second kappa shape index (κ2) is 5.17. The van der Waals surface area contributed by atoms with Crippen molar-refractivity contribution in [1.29, 1.82) is 0 Å². The minimum Gasteiger partial charge on any atom is -0.381 e. The Morgan fingerprint density at radius 1 is 1.27 bits per heavy atom. The topological polar surface area (TPSA) is 59.5 Å². The zero-order valence-corrected chi connectivity index (χ0v) is 12.5. The molecule has 0 aliphatic carbocycles. The molecule has 0 N–H and O–H groups in total. The van der Waals surface area contributed by atoms with Crippen LogP contribution in [0.5, 0.6) is 0 Å². The Morgan fingerprint density at radius 3 is 2.59 bits per heavy atom. The summed E-state index contributed by atoms with van der Waals surface area (Å²) in [4.78, 5) is 3.01. The highest BCUT2D eigenvalue weighted by Gasteiger charge is 2.45. The first kappa shape index (κ1) is 15.7. The summed E-state index contributed by atoms with van der Waals surface area (Å²) in [7, 11) is -3.82. The van der Waals surface area contributed by atoms with Gasteiger partial charge in [-0.3, -0.25) is 4.98 Å². The van der Waals surface area contributed by atoms with Crippen molar-refractivity contribution in [2.75, 3.05) is 26.3 Å². The molecule has 2 aliphatic rings. The summed E-state index contributed by atoms with van der Waals surface area (Å²) in [6.45, 7) is 1.85. The quantitative estimate of drug-likeness (QED) is 0.828. The highest BCUT2D eigenvalue weighted by molar-refractivity contribution is 7.89. The van der Waals surface area contributed by atoms with Gasteiger partial charge in [0.2, 0.25) is 10.0 Å². The van der Waals surface area contributed by atoms with Gasteiger partial charge < -0.3 is 4.74 Å². The molecule has 0 unspecified atom stereocenters. The van der Waals surface area contributed by atoms with Crippen molar-refractivity contribution in [3.8, 4) is 0 Å². The van der Waals surface area contributed by atoms with Gasteiger partial charge in [0.05, 0.1) is 6.61 Å². The minimum atomic E-state index is -4.58. The Bertz CT molecular complexity index is 652. The molecule has 0 bridgehead atoms. The molecule has 2 aliphatic heterocycles. The highest BCUT2D eigenvalue weighted by atomic mass is 32.2. The smallest absolute Gasteiger partial charge is 0.381 e. The lowest BCUT2D eigenvalue weighted by molar-refractivity contribution is -0.141. The van der Waals surface area contributed by atoms with Gasteiger partial charge in [-0.25, -0.2) is 8.42 Å². The van der Waals surface area contributed by atoms with Crippen molar-refractivity contribution in [3.63, 3.8) is 0 Å². The molecular weight excluding hydrogens is 321 g/mol. The normalized spacial score (nSPS) is 26.9. The third kappa shape index (κ3) is 2.72. The van der Waals surface area contributed by atoms with Gasteiger partial charge in [-0.15, -0.1) is 0 Å². The number of alkyl halides is 3. The summed E-state index contributed by atoms with van der Waals surface area (Å²) in [5, 5.41) is 0. The van der Waals surface area contributed by atoms with E-state index in [1.54, 1.807) is 0 Å². The summed E-state index contributed by atoms with van der Waals surface area (Å²) in [5.74, 6) is 0. The third-order valence-electron chi connectivity index (χ3n) is 4.25. The molecule has 1 aromatic heterocycles. The van der Waals surface area contributed by atoms with Crippen LogP contribution in [0.1, 0.15) is 18.5 Å². The van der Waals surface area contributed by atoms with Crippen molar-refractivity contribution < 1.29 is 26.3 Å². The summed E-state index contributed by atoms with van der Waals surface area (Å²) < 4.78 is 69.1. The molecular formula is C13H15F3N2O3S. The largest absolute Gasteiger partial charge is 0.433 e. The zero-order chi connectivity index (χ0) is 16.0. The Kier molecular flexibility index (Phi) is 3.69. The number of hydrogen-bond acceptors (Lipinski definition) is 4. The van der Waals surface area contributed by atoms with E-state index in [4.69, 9.17) is 4.74 Å². The van der Waals surface area contributed by atoms with Crippen LogP contribution >= 0.6 is 0 Å². The number of sulfonamides is 1. The molecule has 1 atom stereocenters. The molecule has 0 amide bonds. The fraction of sp³-hybridized carbons (Fsp3) is 0.615. The van der Waals surface area contributed by atoms with E-state index in [2.05, 4.69) is 4.98 Å². The van der Waals surface area contributed by atoms with Crippen molar-refractivity contribution >= 4 is 10.0 Å². The number of aromatic nitrogens is 1. The molecule has 2 saturated heterocycles. The molecule has 1 aromatic rings. The van der Waals surface area contributed by atoms with Crippen molar-refractivity contribution in [3.05, 3.63) is 24.0 Å². The van der Waals surface area contributed by atoms with Gasteiger partial charge in [-0.1, -0.05) is 0 Å². The monoisotopic (exact) mass is 336 g/mol. The Labute approximate surface area is 126 Å². The fourth-order valence-corrected chi connectivity index (χ4v) is 4.42. The lowest BCUT2D eigenvalue weighted by Crippen LogP contribution is -2.32. The van der Waals surface area contributed by atoms with Crippen LogP contribution in [0.15, 0.2) is 23.2 Å². The molecule has 5 nitrogen and oxygen atoms in total. The Morgan fingerprint density at radius 2 is 2.05 bits per heavy atom. The van der Waals surface area contributed by atoms with Gasteiger partial charge in [0, 0.05) is 31.3 Å². The van der Waals surface area contributed by atoms with Crippen LogP contribution in [-0.4, -0.2) is 44.0 Å². The van der Waals surface area contributed by atoms with Gasteiger partial charge in [0.15, 0.2) is 0 Å². The maximum Gasteiger partial charge on any atom is 0.433 e. The molecule has 0 aromatic carbocycles. The first-order valence-electron chi connectivity index (χ1n) is 6.84. The number of ether oxygens (including phenoxy) is 1. The van der Waals surface area contributed by atoms with Gasteiger partial charge in [-0.2, -0.15) is 17.5 Å². The SMILES string of the molecule is O=S(=O)(c1ccc(C(F)(F)F)nc1)N1CC[C@]2(CCOC2)C1. The van der Waals surface area contributed by atoms with Crippen LogP contribution in [0.3, 0.4) is 0 Å². The predicted octanol–water partition coefficient (Wildman–Crippen LogP) is 1.90. The van der Waals surface area contributed by atoms with E-state index in [-0.39, 0.29) is 10.3 Å². The molecule has 22 heavy (non-hydrogen) atoms. The Balaban J connectivity index is 1.81. The van der Waals surface area contributed by atoms with E-state index in [1.807, 2.05) is 0 Å². The maximum atomic E-state index is 12.5. The van der Waals surface area contributed by atoms with Crippen molar-refractivity contribution in [2.24, 2.45) is 5.41 Å². The fourth-order valence-electron chi connectivity index (χ4n) is 2.92. The van der Waals surface area contributed by atoms with E-state index >= 15 is 0 Å². The molecule has 9 heteroatoms. The van der Waals surface area contributed by atoms with E-state index in [0.717, 1.165) is 18.7 Å². The van der Waals surface area contributed by atoms with E-state index in [0.29, 0.717) is 38.8 Å². The van der Waals surface area contributed by atoms with E-state index in [9.17, 15) is 21.6 Å². The minimum absolute atomic E-state index is 0.146. The molecule has 0 radical (unpaired) electrons. The third-order valence-corrected chi connectivity index (χ3v) is 6.08. The second-order valence-electron chi connectivity index (χ2n) is 5.77. The standard InChI is InChI=1S/C13H15F3N2O3S/c14-13(15,16)11-2-1-10(7-17-11)22(19,20)18-5-3-12(8-18)4-6-21-9-12/h1-2,7H,3-6,8-9H2/t12-/m0/s1. The predicted molar refractivity (Wildman–Crippen MR) is 70.5 cm³/mol. The first-order valence-corrected chi connectivity index (χ1v) is 8.28. The number of hydrogen-bond donors (Lipinski definition) is 0. The summed E-state index contributed by atoms with van der Waals surface area (Å²) >= 11 is 0. The summed E-state index contributed by atoms with van der Waals surface area (Å²) in [6, 6.07) is 1.65. The lowest BCUT2D eigenvalue weighted by Gasteiger charge is -2.21. The number of halogens is 3. The zero-order valence-electron chi connectivity index (χ0n) is 11.6. The summed E-state index contributed by atoms with van der Waals surface area (Å²) in [6.07, 6.45) is -2.29.